The number of amides is 1. The molecule has 4 heterocycles. The summed E-state index contributed by atoms with van der Waals surface area (Å²) >= 11 is 12.6. The molecule has 316 valence electrons. The van der Waals surface area contributed by atoms with E-state index in [9.17, 15) is 13.2 Å². The molecular formula is C44H47Cl2FN6O6S. The van der Waals surface area contributed by atoms with Crippen LogP contribution in [0.2, 0.25) is 10.0 Å². The van der Waals surface area contributed by atoms with Crippen LogP contribution in [0.3, 0.4) is 0 Å². The van der Waals surface area contributed by atoms with Gasteiger partial charge in [-0.1, -0.05) is 66.9 Å². The lowest BCUT2D eigenvalue weighted by Crippen LogP contribution is -2.47. The summed E-state index contributed by atoms with van der Waals surface area (Å²) in [5.41, 5.74) is 4.97. The number of fused-ring (bicyclic) bond motifs is 1. The van der Waals surface area contributed by atoms with Crippen molar-refractivity contribution in [3.05, 3.63) is 105 Å². The highest BCUT2D eigenvalue weighted by Gasteiger charge is 2.34. The molecule has 0 unspecified atom stereocenters. The van der Waals surface area contributed by atoms with E-state index >= 15 is 4.39 Å². The highest BCUT2D eigenvalue weighted by Crippen LogP contribution is 2.44. The standard InChI is InChI=1S/C44H47Cl2FN6O6S/c1-43(2)13-12-31(36(24-43)29-6-8-32(45)9-7-29)27-52-16-18-53(19-17-52)33-10-11-35(39(22-33)59-38-5-3-4-30-25-49-50-40(30)38)41(54)51-60(55,56)34-23-37(46)42(48-26-34)58-28-44(47)14-20-57-21-15-44/h3-11,22-23,26H,12-21,24-25,27-28H2,1-2H3,(H,51,54). The Bertz CT molecular complexity index is 2430. The fourth-order valence-electron chi connectivity index (χ4n) is 8.05. The number of ether oxygens (including phenoxy) is 3. The van der Waals surface area contributed by atoms with E-state index in [2.05, 4.69) is 55.7 Å². The van der Waals surface area contributed by atoms with Crippen molar-refractivity contribution in [2.75, 3.05) is 57.4 Å². The van der Waals surface area contributed by atoms with Crippen molar-refractivity contribution in [1.29, 1.82) is 0 Å². The quantitative estimate of drug-likeness (QED) is 0.148. The van der Waals surface area contributed by atoms with Gasteiger partial charge >= 0.3 is 0 Å². The van der Waals surface area contributed by atoms with Crippen LogP contribution < -0.4 is 19.1 Å². The lowest BCUT2D eigenvalue weighted by atomic mass is 9.72. The van der Waals surface area contributed by atoms with Gasteiger partial charge in [-0.05, 0) is 72.2 Å². The number of carbonyl (C=O) groups is 1. The molecule has 1 N–H and O–H groups in total. The van der Waals surface area contributed by atoms with E-state index in [1.165, 1.54) is 16.7 Å². The van der Waals surface area contributed by atoms with Crippen molar-refractivity contribution >= 4 is 56.1 Å². The van der Waals surface area contributed by atoms with Crippen LogP contribution in [0.4, 0.5) is 15.8 Å². The van der Waals surface area contributed by atoms with Gasteiger partial charge < -0.3 is 19.1 Å². The number of allylic oxidation sites excluding steroid dienone is 1. The fraction of sp³-hybridized carbons (Fsp3) is 0.409. The lowest BCUT2D eigenvalue weighted by molar-refractivity contribution is -0.0331. The Kier molecular flexibility index (Phi) is 12.2. The number of halogens is 3. The zero-order valence-corrected chi connectivity index (χ0v) is 35.9. The first-order chi connectivity index (χ1) is 28.7. The molecule has 8 rings (SSSR count). The molecule has 2 saturated heterocycles. The van der Waals surface area contributed by atoms with Gasteiger partial charge in [0.25, 0.3) is 15.9 Å². The second-order valence-corrected chi connectivity index (χ2v) is 19.1. The second-order valence-electron chi connectivity index (χ2n) is 16.6. The van der Waals surface area contributed by atoms with Gasteiger partial charge in [0.1, 0.15) is 33.6 Å². The van der Waals surface area contributed by atoms with Crippen molar-refractivity contribution < 1.29 is 31.8 Å². The number of carbonyl (C=O) groups excluding carboxylic acids is 1. The predicted octanol–water partition coefficient (Wildman–Crippen LogP) is 9.58. The third-order valence-electron chi connectivity index (χ3n) is 11.6. The molecule has 60 heavy (non-hydrogen) atoms. The second kappa shape index (κ2) is 17.4. The maximum absolute atomic E-state index is 15.1. The predicted molar refractivity (Wildman–Crippen MR) is 229 cm³/mol. The van der Waals surface area contributed by atoms with Gasteiger partial charge in [-0.25, -0.2) is 22.5 Å². The molecule has 3 aliphatic heterocycles. The molecule has 2 fully saturated rings. The topological polar surface area (TPSA) is 135 Å². The largest absolute Gasteiger partial charge is 0.473 e. The van der Waals surface area contributed by atoms with Crippen molar-refractivity contribution in [2.45, 2.75) is 63.1 Å². The lowest BCUT2D eigenvalue weighted by Gasteiger charge is -2.39. The summed E-state index contributed by atoms with van der Waals surface area (Å²) in [4.78, 5) is 22.3. The normalized spacial score (nSPS) is 18.9. The maximum atomic E-state index is 15.1. The Hall–Kier alpha value is -4.60. The number of rotatable bonds is 12. The number of nitrogens with zero attached hydrogens (tertiary/aromatic N) is 5. The molecule has 1 aliphatic carbocycles. The van der Waals surface area contributed by atoms with Crippen LogP contribution in [0.5, 0.6) is 17.4 Å². The van der Waals surface area contributed by atoms with Crippen LogP contribution in [0.15, 0.2) is 93.6 Å². The summed E-state index contributed by atoms with van der Waals surface area (Å²) < 4.78 is 61.5. The monoisotopic (exact) mass is 876 g/mol. The van der Waals surface area contributed by atoms with Gasteiger partial charge in [0, 0.05) is 81.1 Å². The van der Waals surface area contributed by atoms with E-state index < -0.39 is 21.6 Å². The van der Waals surface area contributed by atoms with Crippen LogP contribution in [0.1, 0.15) is 67.4 Å². The number of anilines is 1. The smallest absolute Gasteiger partial charge is 0.268 e. The number of pyridine rings is 1. The first-order valence-electron chi connectivity index (χ1n) is 20.1. The summed E-state index contributed by atoms with van der Waals surface area (Å²) in [6.45, 7) is 9.32. The molecule has 0 spiro atoms. The van der Waals surface area contributed by atoms with E-state index in [1.807, 2.05) is 24.3 Å². The van der Waals surface area contributed by atoms with Gasteiger partial charge in [-0.2, -0.15) is 10.2 Å². The number of sulfonamides is 1. The van der Waals surface area contributed by atoms with E-state index in [-0.39, 0.29) is 65.2 Å². The van der Waals surface area contributed by atoms with E-state index in [0.717, 1.165) is 80.5 Å². The Morgan fingerprint density at radius 1 is 0.967 bits per heavy atom. The summed E-state index contributed by atoms with van der Waals surface area (Å²) in [5.74, 6) is -0.515. The molecule has 4 aromatic rings. The molecule has 0 radical (unpaired) electrons. The number of piperazine rings is 1. The Morgan fingerprint density at radius 2 is 1.73 bits per heavy atom. The van der Waals surface area contributed by atoms with Crippen LogP contribution >= 0.6 is 23.2 Å². The van der Waals surface area contributed by atoms with Gasteiger partial charge in [0.2, 0.25) is 5.88 Å². The Labute approximate surface area is 359 Å². The maximum Gasteiger partial charge on any atom is 0.268 e. The Balaban J connectivity index is 0.991. The molecule has 0 bridgehead atoms. The highest BCUT2D eigenvalue weighted by molar-refractivity contribution is 7.90. The van der Waals surface area contributed by atoms with Gasteiger partial charge in [-0.3, -0.25) is 9.69 Å². The number of alkyl halides is 1. The minimum absolute atomic E-state index is 0.0147. The van der Waals surface area contributed by atoms with Gasteiger partial charge in [0.15, 0.2) is 5.75 Å². The first-order valence-corrected chi connectivity index (χ1v) is 22.4. The zero-order valence-electron chi connectivity index (χ0n) is 33.6. The molecule has 1 amide bonds. The zero-order chi connectivity index (χ0) is 42.1. The fourth-order valence-corrected chi connectivity index (χ4v) is 9.39. The SMILES string of the molecule is CC1(C)CCC(CN2CCN(c3ccc(C(=O)NS(=O)(=O)c4cnc(OCC5(F)CCOCC5)c(Cl)c4)c(Oc4cccc5c4N=NC5)c3)CC2)=C(c2ccc(Cl)cc2)C1. The van der Waals surface area contributed by atoms with Crippen LogP contribution in [-0.2, 0) is 21.3 Å². The van der Waals surface area contributed by atoms with Crippen molar-refractivity contribution in [3.8, 4) is 17.4 Å². The van der Waals surface area contributed by atoms with Crippen LogP contribution in [0, 0.1) is 5.41 Å². The van der Waals surface area contributed by atoms with Gasteiger partial charge in [0.05, 0.1) is 18.3 Å². The molecule has 0 saturated carbocycles. The van der Waals surface area contributed by atoms with Crippen LogP contribution in [0.25, 0.3) is 5.57 Å². The number of nitrogens with one attached hydrogen (secondary N) is 1. The third-order valence-corrected chi connectivity index (χ3v) is 13.5. The number of hydrogen-bond donors (Lipinski definition) is 1. The summed E-state index contributed by atoms with van der Waals surface area (Å²) in [6.07, 6.45) is 4.54. The molecular weight excluding hydrogens is 830 g/mol. The number of benzene rings is 3. The van der Waals surface area contributed by atoms with Gasteiger partial charge in [-0.15, -0.1) is 0 Å². The summed E-state index contributed by atoms with van der Waals surface area (Å²) in [5, 5.41) is 8.97. The van der Waals surface area contributed by atoms with Crippen molar-refractivity contribution in [2.24, 2.45) is 15.6 Å². The summed E-state index contributed by atoms with van der Waals surface area (Å²) in [7, 11) is -4.48. The molecule has 12 nitrogen and oxygen atoms in total. The number of aromatic nitrogens is 1. The van der Waals surface area contributed by atoms with E-state index in [0.29, 0.717) is 18.0 Å². The highest BCUT2D eigenvalue weighted by atomic mass is 35.5. The molecule has 4 aliphatic rings. The van der Waals surface area contributed by atoms with E-state index in [1.54, 1.807) is 24.3 Å². The summed E-state index contributed by atoms with van der Waals surface area (Å²) in [6, 6.07) is 19.9. The third kappa shape index (κ3) is 9.63. The number of hydrogen-bond acceptors (Lipinski definition) is 11. The Morgan fingerprint density at radius 3 is 2.48 bits per heavy atom. The number of azo groups is 1. The molecule has 16 heteroatoms. The molecule has 1 aromatic heterocycles. The first kappa shape index (κ1) is 42.1. The van der Waals surface area contributed by atoms with E-state index in [4.69, 9.17) is 37.4 Å². The minimum Gasteiger partial charge on any atom is -0.473 e. The average Bonchev–Trinajstić information content (AvgIpc) is 3.72. The molecule has 0 atom stereocenters. The minimum atomic E-state index is -4.48. The average molecular weight is 878 g/mol. The molecule has 3 aromatic carbocycles. The van der Waals surface area contributed by atoms with Crippen molar-refractivity contribution in [1.82, 2.24) is 14.6 Å². The van der Waals surface area contributed by atoms with Crippen LogP contribution in [-0.4, -0.2) is 82.4 Å². The van der Waals surface area contributed by atoms with Crippen molar-refractivity contribution in [3.63, 3.8) is 0 Å².